The molecule has 0 amide bonds. The lowest BCUT2D eigenvalue weighted by molar-refractivity contribution is 0.623. The highest BCUT2D eigenvalue weighted by molar-refractivity contribution is 9.10. The molecule has 0 aliphatic heterocycles. The molecule has 0 aliphatic carbocycles. The zero-order valence-electron chi connectivity index (χ0n) is 7.35. The van der Waals surface area contributed by atoms with Gasteiger partial charge in [-0.1, -0.05) is 28.1 Å². The third-order valence-corrected chi connectivity index (χ3v) is 2.53. The van der Waals surface area contributed by atoms with Gasteiger partial charge in [0, 0.05) is 4.47 Å². The van der Waals surface area contributed by atoms with Crippen LogP contribution in [0.25, 0.3) is 0 Å². The number of nitrogens with one attached hydrogen (secondary N) is 1. The maximum absolute atomic E-state index is 12.7. The van der Waals surface area contributed by atoms with Crippen molar-refractivity contribution >= 4 is 15.9 Å². The second kappa shape index (κ2) is 4.53. The van der Waals surface area contributed by atoms with E-state index in [-0.39, 0.29) is 11.9 Å². The van der Waals surface area contributed by atoms with Crippen molar-refractivity contribution < 1.29 is 4.39 Å². The summed E-state index contributed by atoms with van der Waals surface area (Å²) in [5, 5.41) is 3.06. The van der Waals surface area contributed by atoms with Gasteiger partial charge in [-0.25, -0.2) is 4.39 Å². The summed E-state index contributed by atoms with van der Waals surface area (Å²) in [6.45, 7) is 3.69. The Morgan fingerprint density at radius 1 is 1.62 bits per heavy atom. The van der Waals surface area contributed by atoms with Gasteiger partial charge in [0.25, 0.3) is 0 Å². The van der Waals surface area contributed by atoms with Crippen LogP contribution in [0.2, 0.25) is 0 Å². The largest absolute Gasteiger partial charge is 0.310 e. The second-order valence-electron chi connectivity index (χ2n) is 2.67. The summed E-state index contributed by atoms with van der Waals surface area (Å²) in [4.78, 5) is 0. The highest BCUT2D eigenvalue weighted by Crippen LogP contribution is 2.24. The number of benzene rings is 1. The molecule has 0 radical (unpaired) electrons. The Labute approximate surface area is 85.8 Å². The molecule has 1 nitrogen and oxygen atoms in total. The lowest BCUT2D eigenvalue weighted by Crippen LogP contribution is -2.13. The number of rotatable bonds is 3. The van der Waals surface area contributed by atoms with Gasteiger partial charge in [0.1, 0.15) is 5.82 Å². The standard InChI is InChI=1S/C10H11BrFN/c1-3-10(13-2)8-5-4-7(12)6-9(8)11/h3-6,10,13H,1H2,2H3. The van der Waals surface area contributed by atoms with Crippen LogP contribution < -0.4 is 5.32 Å². The Morgan fingerprint density at radius 3 is 2.77 bits per heavy atom. The first-order valence-electron chi connectivity index (χ1n) is 3.93. The van der Waals surface area contributed by atoms with Crippen LogP contribution in [0, 0.1) is 5.82 Å². The van der Waals surface area contributed by atoms with E-state index in [0.717, 1.165) is 10.0 Å². The van der Waals surface area contributed by atoms with Crippen LogP contribution in [0.1, 0.15) is 11.6 Å². The molecule has 13 heavy (non-hydrogen) atoms. The van der Waals surface area contributed by atoms with Gasteiger partial charge in [0.05, 0.1) is 6.04 Å². The minimum Gasteiger partial charge on any atom is -0.310 e. The molecule has 0 saturated heterocycles. The minimum atomic E-state index is -0.241. The van der Waals surface area contributed by atoms with E-state index >= 15 is 0 Å². The van der Waals surface area contributed by atoms with E-state index < -0.39 is 0 Å². The highest BCUT2D eigenvalue weighted by Gasteiger charge is 2.08. The molecule has 1 atom stereocenters. The maximum Gasteiger partial charge on any atom is 0.124 e. The number of hydrogen-bond acceptors (Lipinski definition) is 1. The van der Waals surface area contributed by atoms with Crippen molar-refractivity contribution in [1.29, 1.82) is 0 Å². The monoisotopic (exact) mass is 243 g/mol. The molecule has 1 N–H and O–H groups in total. The fourth-order valence-electron chi connectivity index (χ4n) is 1.15. The molecule has 0 saturated carbocycles. The first-order valence-corrected chi connectivity index (χ1v) is 4.73. The molecule has 0 aromatic heterocycles. The van der Waals surface area contributed by atoms with Crippen LogP contribution in [0.3, 0.4) is 0 Å². The van der Waals surface area contributed by atoms with Gasteiger partial charge in [-0.3, -0.25) is 0 Å². The minimum absolute atomic E-state index is 0.0509. The zero-order valence-corrected chi connectivity index (χ0v) is 8.94. The molecule has 0 bridgehead atoms. The molecular weight excluding hydrogens is 233 g/mol. The highest BCUT2D eigenvalue weighted by atomic mass is 79.9. The molecule has 1 aromatic rings. The van der Waals surface area contributed by atoms with Gasteiger partial charge in [-0.15, -0.1) is 6.58 Å². The van der Waals surface area contributed by atoms with Crippen LogP contribution in [-0.4, -0.2) is 7.05 Å². The van der Waals surface area contributed by atoms with E-state index in [9.17, 15) is 4.39 Å². The Balaban J connectivity index is 3.06. The Kier molecular flexibility index (Phi) is 3.63. The van der Waals surface area contributed by atoms with E-state index in [1.165, 1.54) is 12.1 Å². The van der Waals surface area contributed by atoms with Crippen molar-refractivity contribution in [1.82, 2.24) is 5.32 Å². The normalized spacial score (nSPS) is 12.5. The van der Waals surface area contributed by atoms with Crippen LogP contribution in [0.15, 0.2) is 35.3 Å². The smallest absolute Gasteiger partial charge is 0.124 e. The zero-order chi connectivity index (χ0) is 9.84. The van der Waals surface area contributed by atoms with Gasteiger partial charge < -0.3 is 5.32 Å². The quantitative estimate of drug-likeness (QED) is 0.806. The summed E-state index contributed by atoms with van der Waals surface area (Å²) in [6, 6.07) is 4.68. The molecule has 0 heterocycles. The molecule has 0 aliphatic rings. The topological polar surface area (TPSA) is 12.0 Å². The summed E-state index contributed by atoms with van der Waals surface area (Å²) in [5.74, 6) is -0.241. The van der Waals surface area contributed by atoms with Gasteiger partial charge in [0.15, 0.2) is 0 Å². The van der Waals surface area contributed by atoms with Crippen molar-refractivity contribution in [3.63, 3.8) is 0 Å². The first-order chi connectivity index (χ1) is 6.19. The van der Waals surface area contributed by atoms with Gasteiger partial charge in [-0.2, -0.15) is 0 Å². The lowest BCUT2D eigenvalue weighted by atomic mass is 10.1. The Bertz CT molecular complexity index is 312. The number of likely N-dealkylation sites (N-methyl/N-ethyl adjacent to an activating group) is 1. The van der Waals surface area contributed by atoms with Crippen molar-refractivity contribution in [2.75, 3.05) is 7.05 Å². The molecular formula is C10H11BrFN. The average molecular weight is 244 g/mol. The van der Waals surface area contributed by atoms with Crippen LogP contribution in [-0.2, 0) is 0 Å². The van der Waals surface area contributed by atoms with E-state index in [1.54, 1.807) is 12.1 Å². The molecule has 70 valence electrons. The lowest BCUT2D eigenvalue weighted by Gasteiger charge is -2.13. The third kappa shape index (κ3) is 2.39. The van der Waals surface area contributed by atoms with Crippen LogP contribution >= 0.6 is 15.9 Å². The summed E-state index contributed by atoms with van der Waals surface area (Å²) < 4.78 is 13.5. The summed E-state index contributed by atoms with van der Waals surface area (Å²) >= 11 is 3.30. The predicted molar refractivity (Wildman–Crippen MR) is 56.1 cm³/mol. The van der Waals surface area contributed by atoms with E-state index in [4.69, 9.17) is 0 Å². The van der Waals surface area contributed by atoms with Crippen molar-refractivity contribution in [2.45, 2.75) is 6.04 Å². The van der Waals surface area contributed by atoms with E-state index in [1.807, 2.05) is 7.05 Å². The van der Waals surface area contributed by atoms with Crippen molar-refractivity contribution in [3.05, 3.63) is 46.7 Å². The molecule has 0 spiro atoms. The molecule has 0 fully saturated rings. The second-order valence-corrected chi connectivity index (χ2v) is 3.52. The summed E-state index contributed by atoms with van der Waals surface area (Å²) in [5.41, 5.74) is 0.985. The van der Waals surface area contributed by atoms with Crippen molar-refractivity contribution in [3.8, 4) is 0 Å². The van der Waals surface area contributed by atoms with E-state index in [0.29, 0.717) is 0 Å². The van der Waals surface area contributed by atoms with Crippen LogP contribution in [0.4, 0.5) is 4.39 Å². The molecule has 1 unspecified atom stereocenters. The molecule has 1 rings (SSSR count). The molecule has 1 aromatic carbocycles. The van der Waals surface area contributed by atoms with Crippen molar-refractivity contribution in [2.24, 2.45) is 0 Å². The SMILES string of the molecule is C=CC(NC)c1ccc(F)cc1Br. The third-order valence-electron chi connectivity index (χ3n) is 1.84. The van der Waals surface area contributed by atoms with Gasteiger partial charge in [0.2, 0.25) is 0 Å². The predicted octanol–water partition coefficient (Wildman–Crippen LogP) is 3.03. The summed E-state index contributed by atoms with van der Waals surface area (Å²) in [6.07, 6.45) is 1.78. The Morgan fingerprint density at radius 2 is 2.31 bits per heavy atom. The first kappa shape index (κ1) is 10.4. The fraction of sp³-hybridized carbons (Fsp3) is 0.200. The van der Waals surface area contributed by atoms with Crippen LogP contribution in [0.5, 0.6) is 0 Å². The van der Waals surface area contributed by atoms with Gasteiger partial charge >= 0.3 is 0 Å². The Hall–Kier alpha value is -0.670. The molecule has 3 heteroatoms. The van der Waals surface area contributed by atoms with Gasteiger partial charge in [-0.05, 0) is 24.7 Å². The average Bonchev–Trinajstić information content (AvgIpc) is 2.10. The number of hydrogen-bond donors (Lipinski definition) is 1. The maximum atomic E-state index is 12.7. The van der Waals surface area contributed by atoms with E-state index in [2.05, 4.69) is 27.8 Å². The summed E-state index contributed by atoms with van der Waals surface area (Å²) in [7, 11) is 1.84. The fourth-order valence-corrected chi connectivity index (χ4v) is 1.75. The number of halogens is 2.